The van der Waals surface area contributed by atoms with Crippen molar-refractivity contribution < 1.29 is 9.21 Å². The number of carbonyl (C=O) groups excluding carboxylic acids is 1. The Morgan fingerprint density at radius 2 is 2.44 bits per heavy atom. The van der Waals surface area contributed by atoms with Gasteiger partial charge in [-0.1, -0.05) is 6.92 Å². The number of aryl methyl sites for hydroxylation is 1. The highest BCUT2D eigenvalue weighted by Crippen LogP contribution is 2.17. The van der Waals surface area contributed by atoms with E-state index in [4.69, 9.17) is 4.42 Å². The van der Waals surface area contributed by atoms with Gasteiger partial charge in [0.2, 0.25) is 11.8 Å². The highest BCUT2D eigenvalue weighted by Gasteiger charge is 2.21. The van der Waals surface area contributed by atoms with Crippen molar-refractivity contribution in [2.75, 3.05) is 6.54 Å². The average Bonchev–Trinajstić information content (AvgIpc) is 3.01. The van der Waals surface area contributed by atoms with Crippen LogP contribution in [0.5, 0.6) is 0 Å². The Hall–Kier alpha value is -1.36. The first kappa shape index (κ1) is 11.1. The van der Waals surface area contributed by atoms with Crippen LogP contribution in [0.15, 0.2) is 10.6 Å². The predicted molar refractivity (Wildman–Crippen MR) is 58.8 cm³/mol. The van der Waals surface area contributed by atoms with E-state index >= 15 is 0 Å². The first-order chi connectivity index (χ1) is 7.78. The van der Waals surface area contributed by atoms with Crippen molar-refractivity contribution in [3.63, 3.8) is 0 Å². The topological polar surface area (TPSA) is 67.2 Å². The number of rotatable bonds is 6. The fourth-order valence-electron chi connectivity index (χ4n) is 1.35. The summed E-state index contributed by atoms with van der Waals surface area (Å²) < 4.78 is 5.37. The minimum absolute atomic E-state index is 0.0110. The summed E-state index contributed by atoms with van der Waals surface area (Å²) in [5, 5.41) is 5.91. The molecule has 1 fully saturated rings. The van der Waals surface area contributed by atoms with Crippen LogP contribution in [0.1, 0.15) is 31.4 Å². The van der Waals surface area contributed by atoms with E-state index in [0.717, 1.165) is 12.2 Å². The molecule has 88 valence electrons. The Balaban J connectivity index is 1.67. The zero-order chi connectivity index (χ0) is 11.4. The Labute approximate surface area is 94.6 Å². The van der Waals surface area contributed by atoms with Crippen LogP contribution in [0, 0.1) is 0 Å². The molecule has 0 aromatic carbocycles. The van der Waals surface area contributed by atoms with E-state index in [0.29, 0.717) is 25.0 Å². The fourth-order valence-corrected chi connectivity index (χ4v) is 1.35. The van der Waals surface area contributed by atoms with Crippen molar-refractivity contribution >= 4 is 5.91 Å². The van der Waals surface area contributed by atoms with E-state index < -0.39 is 0 Å². The predicted octanol–water partition coefficient (Wildman–Crippen LogP) is 0.605. The molecule has 1 aliphatic carbocycles. The van der Waals surface area contributed by atoms with Gasteiger partial charge >= 0.3 is 0 Å². The molecule has 5 nitrogen and oxygen atoms in total. The number of aromatic nitrogens is 1. The summed E-state index contributed by atoms with van der Waals surface area (Å²) in [7, 11) is 0. The minimum Gasteiger partial charge on any atom is -0.444 e. The van der Waals surface area contributed by atoms with Crippen LogP contribution in [0.4, 0.5) is 0 Å². The molecule has 0 atom stereocenters. The number of amides is 1. The summed E-state index contributed by atoms with van der Waals surface area (Å²) in [6.07, 6.45) is 4.90. The van der Waals surface area contributed by atoms with E-state index in [1.165, 1.54) is 12.8 Å². The highest BCUT2D eigenvalue weighted by atomic mass is 16.4. The van der Waals surface area contributed by atoms with Gasteiger partial charge in [0.25, 0.3) is 0 Å². The zero-order valence-corrected chi connectivity index (χ0v) is 9.45. The van der Waals surface area contributed by atoms with Crippen molar-refractivity contribution in [2.45, 2.75) is 38.8 Å². The minimum atomic E-state index is -0.0110. The molecule has 0 aliphatic heterocycles. The van der Waals surface area contributed by atoms with Crippen molar-refractivity contribution in [3.05, 3.63) is 17.8 Å². The molecule has 5 heteroatoms. The number of nitrogens with one attached hydrogen (secondary N) is 2. The van der Waals surface area contributed by atoms with Crippen molar-refractivity contribution in [1.82, 2.24) is 15.6 Å². The maximum Gasteiger partial charge on any atom is 0.234 e. The largest absolute Gasteiger partial charge is 0.444 e. The molecule has 0 bridgehead atoms. The first-order valence-electron chi connectivity index (χ1n) is 5.71. The van der Waals surface area contributed by atoms with Crippen molar-refractivity contribution in [3.8, 4) is 0 Å². The number of carbonyl (C=O) groups is 1. The Morgan fingerprint density at radius 1 is 1.62 bits per heavy atom. The molecule has 1 aromatic heterocycles. The van der Waals surface area contributed by atoms with Crippen LogP contribution in [0.25, 0.3) is 0 Å². The second-order valence-electron chi connectivity index (χ2n) is 4.01. The molecule has 2 rings (SSSR count). The third-order valence-corrected chi connectivity index (χ3v) is 2.52. The number of hydrogen-bond donors (Lipinski definition) is 2. The summed E-state index contributed by atoms with van der Waals surface area (Å²) in [4.78, 5) is 15.4. The van der Waals surface area contributed by atoms with Crippen LogP contribution in [0.3, 0.4) is 0 Å². The van der Waals surface area contributed by atoms with E-state index in [1.54, 1.807) is 6.20 Å². The molecule has 0 radical (unpaired) electrons. The molecule has 1 aromatic rings. The Morgan fingerprint density at radius 3 is 3.06 bits per heavy atom. The van der Waals surface area contributed by atoms with Gasteiger partial charge in [0.15, 0.2) is 0 Å². The van der Waals surface area contributed by atoms with Crippen LogP contribution in [-0.4, -0.2) is 23.5 Å². The first-order valence-corrected chi connectivity index (χ1v) is 5.71. The lowest BCUT2D eigenvalue weighted by Gasteiger charge is -2.03. The third kappa shape index (κ3) is 3.34. The standard InChI is InChI=1S/C11H17N3O2/c1-2-9-5-14-11(16-9)7-13-10(15)6-12-8-3-4-8/h5,8,12H,2-4,6-7H2,1H3,(H,13,15). The quantitative estimate of drug-likeness (QED) is 0.741. The van der Waals surface area contributed by atoms with Crippen LogP contribution < -0.4 is 10.6 Å². The Kier molecular flexibility index (Phi) is 3.56. The molecule has 1 amide bonds. The van der Waals surface area contributed by atoms with E-state index in [-0.39, 0.29) is 5.91 Å². The number of hydrogen-bond acceptors (Lipinski definition) is 4. The summed E-state index contributed by atoms with van der Waals surface area (Å²) in [5.41, 5.74) is 0. The second-order valence-corrected chi connectivity index (χ2v) is 4.01. The highest BCUT2D eigenvalue weighted by molar-refractivity contribution is 5.77. The van der Waals surface area contributed by atoms with Gasteiger partial charge in [0.1, 0.15) is 5.76 Å². The number of nitrogens with zero attached hydrogens (tertiary/aromatic N) is 1. The summed E-state index contributed by atoms with van der Waals surface area (Å²) in [6.45, 7) is 2.75. The molecule has 1 aliphatic rings. The lowest BCUT2D eigenvalue weighted by Crippen LogP contribution is -2.34. The molecule has 0 spiro atoms. The smallest absolute Gasteiger partial charge is 0.234 e. The molecule has 1 heterocycles. The number of oxazole rings is 1. The van der Waals surface area contributed by atoms with Crippen LogP contribution >= 0.6 is 0 Å². The van der Waals surface area contributed by atoms with Gasteiger partial charge in [-0.15, -0.1) is 0 Å². The van der Waals surface area contributed by atoms with Gasteiger partial charge in [0.05, 0.1) is 19.3 Å². The normalized spacial score (nSPS) is 15.1. The zero-order valence-electron chi connectivity index (χ0n) is 9.45. The van der Waals surface area contributed by atoms with Gasteiger partial charge in [-0.25, -0.2) is 4.98 Å². The van der Waals surface area contributed by atoms with Crippen molar-refractivity contribution in [2.24, 2.45) is 0 Å². The lowest BCUT2D eigenvalue weighted by molar-refractivity contribution is -0.120. The van der Waals surface area contributed by atoms with E-state index in [9.17, 15) is 4.79 Å². The fraction of sp³-hybridized carbons (Fsp3) is 0.636. The molecular weight excluding hydrogens is 206 g/mol. The lowest BCUT2D eigenvalue weighted by atomic mass is 10.4. The van der Waals surface area contributed by atoms with Gasteiger partial charge in [-0.05, 0) is 12.8 Å². The van der Waals surface area contributed by atoms with E-state index in [2.05, 4.69) is 15.6 Å². The molecule has 1 saturated carbocycles. The van der Waals surface area contributed by atoms with Gasteiger partial charge in [-0.3, -0.25) is 4.79 Å². The molecule has 2 N–H and O–H groups in total. The van der Waals surface area contributed by atoms with Crippen LogP contribution in [0.2, 0.25) is 0 Å². The molecule has 0 saturated heterocycles. The maximum atomic E-state index is 11.4. The summed E-state index contributed by atoms with van der Waals surface area (Å²) in [6, 6.07) is 0.555. The van der Waals surface area contributed by atoms with Gasteiger partial charge in [-0.2, -0.15) is 0 Å². The maximum absolute atomic E-state index is 11.4. The van der Waals surface area contributed by atoms with Gasteiger partial charge in [0, 0.05) is 12.5 Å². The van der Waals surface area contributed by atoms with Gasteiger partial charge < -0.3 is 15.1 Å². The molecule has 16 heavy (non-hydrogen) atoms. The molecular formula is C11H17N3O2. The monoisotopic (exact) mass is 223 g/mol. The SMILES string of the molecule is CCc1cnc(CNC(=O)CNC2CC2)o1. The summed E-state index contributed by atoms with van der Waals surface area (Å²) in [5.74, 6) is 1.40. The third-order valence-electron chi connectivity index (χ3n) is 2.52. The Bertz CT molecular complexity index is 358. The van der Waals surface area contributed by atoms with E-state index in [1.807, 2.05) is 6.92 Å². The average molecular weight is 223 g/mol. The second kappa shape index (κ2) is 5.12. The van der Waals surface area contributed by atoms with Crippen molar-refractivity contribution in [1.29, 1.82) is 0 Å². The molecule has 0 unspecified atom stereocenters. The van der Waals surface area contributed by atoms with Crippen LogP contribution in [-0.2, 0) is 17.8 Å². The summed E-state index contributed by atoms with van der Waals surface area (Å²) >= 11 is 0.